The number of hydrogen-bond acceptors (Lipinski definition) is 5. The van der Waals surface area contributed by atoms with Gasteiger partial charge in [-0.25, -0.2) is 13.9 Å². The summed E-state index contributed by atoms with van der Waals surface area (Å²) in [5.41, 5.74) is 1.74. The fourth-order valence-corrected chi connectivity index (χ4v) is 2.56. The van der Waals surface area contributed by atoms with Gasteiger partial charge in [-0.15, -0.1) is 10.2 Å². The summed E-state index contributed by atoms with van der Waals surface area (Å²) in [6.45, 7) is 0. The summed E-state index contributed by atoms with van der Waals surface area (Å²) in [6, 6.07) is 17.7. The van der Waals surface area contributed by atoms with Crippen molar-refractivity contribution in [2.45, 2.75) is 0 Å². The molecule has 0 unspecified atom stereocenters. The van der Waals surface area contributed by atoms with E-state index in [1.807, 2.05) is 6.07 Å². The lowest BCUT2D eigenvalue weighted by atomic mass is 10.2. The highest BCUT2D eigenvalue weighted by Crippen LogP contribution is 2.18. The van der Waals surface area contributed by atoms with E-state index in [1.165, 1.54) is 18.2 Å². The first-order chi connectivity index (χ1) is 14.2. The molecule has 0 fully saturated rings. The minimum atomic E-state index is -0.462. The van der Waals surface area contributed by atoms with Gasteiger partial charge < -0.3 is 16.0 Å². The van der Waals surface area contributed by atoms with Gasteiger partial charge in [0.2, 0.25) is 0 Å². The Bertz CT molecular complexity index is 1100. The highest BCUT2D eigenvalue weighted by atomic mass is 19.1. The lowest BCUT2D eigenvalue weighted by molar-refractivity contribution is 0.262. The maximum atomic E-state index is 13.2. The van der Waals surface area contributed by atoms with Crippen molar-refractivity contribution in [3.8, 4) is 5.82 Å². The van der Waals surface area contributed by atoms with Crippen LogP contribution in [0, 0.1) is 5.82 Å². The fraction of sp³-hybridized carbons (Fsp3) is 0. The van der Waals surface area contributed by atoms with Crippen LogP contribution in [0.5, 0.6) is 0 Å². The Hall–Kier alpha value is -4.27. The summed E-state index contributed by atoms with van der Waals surface area (Å²) in [7, 11) is 0. The number of benzene rings is 2. The summed E-state index contributed by atoms with van der Waals surface area (Å²) < 4.78 is 14.8. The Kier molecular flexibility index (Phi) is 5.10. The van der Waals surface area contributed by atoms with Crippen molar-refractivity contribution in [1.82, 2.24) is 20.0 Å². The van der Waals surface area contributed by atoms with E-state index in [0.717, 1.165) is 5.69 Å². The Labute approximate surface area is 165 Å². The van der Waals surface area contributed by atoms with Crippen molar-refractivity contribution < 1.29 is 9.18 Å². The van der Waals surface area contributed by atoms with Crippen LogP contribution in [-0.4, -0.2) is 26.0 Å². The van der Waals surface area contributed by atoms with Gasteiger partial charge >= 0.3 is 6.03 Å². The number of nitrogens with one attached hydrogen (secondary N) is 3. The summed E-state index contributed by atoms with van der Waals surface area (Å²) in [6.07, 6.45) is 3.45. The molecule has 0 aliphatic carbocycles. The summed E-state index contributed by atoms with van der Waals surface area (Å²) in [4.78, 5) is 12.0. The topological polar surface area (TPSA) is 96.8 Å². The molecule has 29 heavy (non-hydrogen) atoms. The van der Waals surface area contributed by atoms with Crippen molar-refractivity contribution in [2.24, 2.45) is 0 Å². The maximum absolute atomic E-state index is 13.2. The van der Waals surface area contributed by atoms with Gasteiger partial charge in [0.25, 0.3) is 0 Å². The second kappa shape index (κ2) is 8.17. The molecule has 0 atom stereocenters. The van der Waals surface area contributed by atoms with Gasteiger partial charge in [0.05, 0.1) is 0 Å². The number of urea groups is 1. The highest BCUT2D eigenvalue weighted by Gasteiger charge is 2.05. The Balaban J connectivity index is 1.34. The number of nitrogens with zero attached hydrogens (tertiary/aromatic N) is 4. The Morgan fingerprint density at radius 2 is 1.66 bits per heavy atom. The highest BCUT2D eigenvalue weighted by molar-refractivity contribution is 5.99. The first-order valence-electron chi connectivity index (χ1n) is 8.70. The Morgan fingerprint density at radius 1 is 0.862 bits per heavy atom. The monoisotopic (exact) mass is 389 g/mol. The van der Waals surface area contributed by atoms with E-state index in [0.29, 0.717) is 23.0 Å². The average Bonchev–Trinajstić information content (AvgIpc) is 3.25. The predicted octanol–water partition coefficient (Wildman–Crippen LogP) is 4.19. The van der Waals surface area contributed by atoms with Crippen LogP contribution in [0.4, 0.5) is 32.1 Å². The molecule has 2 aromatic heterocycles. The molecule has 8 nitrogen and oxygen atoms in total. The molecule has 2 amide bonds. The standard InChI is InChI=1S/C20H16FN7O/c21-14-3-1-4-17(13-14)25-20(29)24-16-7-5-15(6-8-16)23-18-9-10-19(27-26-18)28-12-2-11-22-28/h1-13H,(H,23,26)(H2,24,25,29). The molecule has 0 saturated carbocycles. The summed E-state index contributed by atoms with van der Waals surface area (Å²) in [5, 5.41) is 20.7. The molecule has 2 heterocycles. The van der Waals surface area contributed by atoms with E-state index in [1.54, 1.807) is 59.5 Å². The third kappa shape index (κ3) is 4.72. The van der Waals surface area contributed by atoms with Crippen LogP contribution in [-0.2, 0) is 0 Å². The van der Waals surface area contributed by atoms with Crippen LogP contribution in [0.1, 0.15) is 0 Å². The van der Waals surface area contributed by atoms with E-state index in [-0.39, 0.29) is 0 Å². The number of carbonyl (C=O) groups is 1. The van der Waals surface area contributed by atoms with Gasteiger partial charge in [0.15, 0.2) is 11.6 Å². The molecule has 3 N–H and O–H groups in total. The maximum Gasteiger partial charge on any atom is 0.323 e. The third-order valence-electron chi connectivity index (χ3n) is 3.89. The van der Waals surface area contributed by atoms with Crippen LogP contribution in [0.3, 0.4) is 0 Å². The number of aromatic nitrogens is 4. The van der Waals surface area contributed by atoms with E-state index >= 15 is 0 Å². The van der Waals surface area contributed by atoms with Crippen molar-refractivity contribution in [1.29, 1.82) is 0 Å². The number of rotatable bonds is 5. The third-order valence-corrected chi connectivity index (χ3v) is 3.89. The first-order valence-corrected chi connectivity index (χ1v) is 8.70. The molecule has 0 spiro atoms. The fourth-order valence-electron chi connectivity index (χ4n) is 2.56. The molecule has 4 aromatic rings. The zero-order chi connectivity index (χ0) is 20.1. The van der Waals surface area contributed by atoms with Crippen LogP contribution in [0.25, 0.3) is 5.82 Å². The molecular formula is C20H16FN7O. The molecule has 9 heteroatoms. The van der Waals surface area contributed by atoms with Crippen LogP contribution >= 0.6 is 0 Å². The lowest BCUT2D eigenvalue weighted by Crippen LogP contribution is -2.19. The predicted molar refractivity (Wildman–Crippen MR) is 108 cm³/mol. The van der Waals surface area contributed by atoms with Crippen molar-refractivity contribution >= 4 is 28.9 Å². The van der Waals surface area contributed by atoms with Gasteiger partial charge in [0.1, 0.15) is 5.82 Å². The SMILES string of the molecule is O=C(Nc1ccc(Nc2ccc(-n3cccn3)nn2)cc1)Nc1cccc(F)c1. The van der Waals surface area contributed by atoms with Crippen LogP contribution < -0.4 is 16.0 Å². The number of carbonyl (C=O) groups excluding carboxylic acids is 1. The van der Waals surface area contributed by atoms with Crippen molar-refractivity contribution in [2.75, 3.05) is 16.0 Å². The molecule has 0 radical (unpaired) electrons. The number of anilines is 4. The molecule has 0 saturated heterocycles. The first kappa shape index (κ1) is 18.1. The molecule has 144 valence electrons. The average molecular weight is 389 g/mol. The van der Waals surface area contributed by atoms with Gasteiger partial charge in [-0.2, -0.15) is 5.10 Å². The van der Waals surface area contributed by atoms with Crippen molar-refractivity contribution in [3.63, 3.8) is 0 Å². The van der Waals surface area contributed by atoms with Crippen molar-refractivity contribution in [3.05, 3.63) is 84.9 Å². The molecule has 0 aliphatic rings. The normalized spacial score (nSPS) is 10.4. The number of hydrogen-bond donors (Lipinski definition) is 3. The zero-order valence-corrected chi connectivity index (χ0v) is 15.1. The largest absolute Gasteiger partial charge is 0.339 e. The number of amides is 2. The lowest BCUT2D eigenvalue weighted by Gasteiger charge is -2.09. The zero-order valence-electron chi connectivity index (χ0n) is 15.1. The van der Waals surface area contributed by atoms with Gasteiger partial charge in [-0.05, 0) is 60.7 Å². The molecule has 0 aliphatic heterocycles. The minimum absolute atomic E-state index is 0.373. The summed E-state index contributed by atoms with van der Waals surface area (Å²) >= 11 is 0. The van der Waals surface area contributed by atoms with E-state index in [9.17, 15) is 9.18 Å². The molecule has 0 bridgehead atoms. The van der Waals surface area contributed by atoms with Gasteiger partial charge in [-0.1, -0.05) is 6.07 Å². The summed E-state index contributed by atoms with van der Waals surface area (Å²) in [5.74, 6) is 0.772. The van der Waals surface area contributed by atoms with Crippen LogP contribution in [0.2, 0.25) is 0 Å². The van der Waals surface area contributed by atoms with E-state index < -0.39 is 11.8 Å². The molecular weight excluding hydrogens is 373 g/mol. The second-order valence-corrected chi connectivity index (χ2v) is 6.02. The number of halogens is 1. The molecule has 2 aromatic carbocycles. The van der Waals surface area contributed by atoms with Gasteiger partial charge in [0, 0.05) is 29.5 Å². The van der Waals surface area contributed by atoms with E-state index in [2.05, 4.69) is 31.2 Å². The van der Waals surface area contributed by atoms with Crippen LogP contribution in [0.15, 0.2) is 79.1 Å². The Morgan fingerprint density at radius 3 is 2.34 bits per heavy atom. The van der Waals surface area contributed by atoms with Gasteiger partial charge in [-0.3, -0.25) is 0 Å². The minimum Gasteiger partial charge on any atom is -0.339 e. The smallest absolute Gasteiger partial charge is 0.323 e. The molecule has 4 rings (SSSR count). The van der Waals surface area contributed by atoms with E-state index in [4.69, 9.17) is 0 Å². The second-order valence-electron chi connectivity index (χ2n) is 6.02. The quantitative estimate of drug-likeness (QED) is 0.476.